The van der Waals surface area contributed by atoms with Gasteiger partial charge >= 0.3 is 0 Å². The number of hydrogen-bond donors (Lipinski definition) is 3. The molecule has 19 heavy (non-hydrogen) atoms. The van der Waals surface area contributed by atoms with Gasteiger partial charge in [0.05, 0.1) is 11.9 Å². The maximum absolute atomic E-state index is 5.50. The first-order valence-electron chi connectivity index (χ1n) is 6.23. The lowest BCUT2D eigenvalue weighted by Gasteiger charge is -2.12. The fourth-order valence-electron chi connectivity index (χ4n) is 1.78. The molecule has 0 amide bonds. The van der Waals surface area contributed by atoms with Crippen molar-refractivity contribution in [3.05, 3.63) is 23.8 Å². The van der Waals surface area contributed by atoms with E-state index in [0.29, 0.717) is 5.82 Å². The van der Waals surface area contributed by atoms with Crippen LogP contribution < -0.4 is 16.6 Å². The number of hydrazine groups is 1. The van der Waals surface area contributed by atoms with Crippen molar-refractivity contribution >= 4 is 17.3 Å². The van der Waals surface area contributed by atoms with E-state index in [1.54, 1.807) is 10.9 Å². The smallest absolute Gasteiger partial charge is 0.148 e. The number of rotatable bonds is 5. The summed E-state index contributed by atoms with van der Waals surface area (Å²) in [5.74, 6) is 7.66. The molecule has 0 saturated heterocycles. The van der Waals surface area contributed by atoms with Gasteiger partial charge < -0.3 is 10.7 Å². The molecule has 0 aliphatic heterocycles. The molecule has 0 aliphatic carbocycles. The summed E-state index contributed by atoms with van der Waals surface area (Å²) < 4.78 is 1.73. The first-order valence-corrected chi connectivity index (χ1v) is 6.23. The molecule has 2 aromatic heterocycles. The van der Waals surface area contributed by atoms with Crippen LogP contribution in [0, 0.1) is 6.92 Å². The summed E-state index contributed by atoms with van der Waals surface area (Å²) in [6.45, 7) is 4.01. The third-order valence-electron chi connectivity index (χ3n) is 2.77. The van der Waals surface area contributed by atoms with Crippen LogP contribution in [-0.2, 0) is 13.5 Å². The minimum atomic E-state index is 0.643. The van der Waals surface area contributed by atoms with Gasteiger partial charge in [0.2, 0.25) is 0 Å². The molecule has 0 aromatic carbocycles. The lowest BCUT2D eigenvalue weighted by molar-refractivity contribution is 0.768. The zero-order valence-electron chi connectivity index (χ0n) is 11.4. The Morgan fingerprint density at radius 2 is 2.05 bits per heavy atom. The highest BCUT2D eigenvalue weighted by Crippen LogP contribution is 2.23. The Hall–Kier alpha value is -2.15. The van der Waals surface area contributed by atoms with E-state index in [1.807, 2.05) is 20.2 Å². The zero-order chi connectivity index (χ0) is 13.8. The van der Waals surface area contributed by atoms with E-state index in [2.05, 4.69) is 32.7 Å². The summed E-state index contributed by atoms with van der Waals surface area (Å²) >= 11 is 0. The van der Waals surface area contributed by atoms with Gasteiger partial charge in [0, 0.05) is 25.2 Å². The van der Waals surface area contributed by atoms with Gasteiger partial charge in [0.15, 0.2) is 0 Å². The largest absolute Gasteiger partial charge is 0.337 e. The Morgan fingerprint density at radius 1 is 1.32 bits per heavy atom. The number of nitrogen functional groups attached to an aromatic ring is 1. The fraction of sp³-hybridized carbons (Fsp3) is 0.417. The molecular formula is C12H19N7. The van der Waals surface area contributed by atoms with Crippen molar-refractivity contribution in [1.82, 2.24) is 19.7 Å². The van der Waals surface area contributed by atoms with Crippen LogP contribution in [0.4, 0.5) is 17.3 Å². The minimum Gasteiger partial charge on any atom is -0.337 e. The molecule has 0 unspecified atom stereocenters. The molecule has 0 aliphatic rings. The molecule has 2 heterocycles. The molecule has 0 spiro atoms. The zero-order valence-corrected chi connectivity index (χ0v) is 11.4. The van der Waals surface area contributed by atoms with E-state index in [0.717, 1.165) is 35.7 Å². The molecule has 7 nitrogen and oxygen atoms in total. The summed E-state index contributed by atoms with van der Waals surface area (Å²) in [4.78, 5) is 8.90. The van der Waals surface area contributed by atoms with E-state index in [4.69, 9.17) is 5.84 Å². The third-order valence-corrected chi connectivity index (χ3v) is 2.77. The van der Waals surface area contributed by atoms with Crippen molar-refractivity contribution in [3.8, 4) is 0 Å². The van der Waals surface area contributed by atoms with Gasteiger partial charge in [-0.3, -0.25) is 4.68 Å². The number of nitrogens with one attached hydrogen (secondary N) is 2. The standard InChI is InChI=1S/C12H19N7/c1-4-5-10-16-11(8(2)12(17-10)18-13)15-9-6-14-19(3)7-9/h6-7H,4-5,13H2,1-3H3,(H2,15,16,17,18). The van der Waals surface area contributed by atoms with Crippen LogP contribution in [-0.4, -0.2) is 19.7 Å². The Bertz CT molecular complexity index is 561. The highest BCUT2D eigenvalue weighted by molar-refractivity contribution is 5.63. The Balaban J connectivity index is 2.34. The second-order valence-corrected chi connectivity index (χ2v) is 4.38. The summed E-state index contributed by atoms with van der Waals surface area (Å²) in [6, 6.07) is 0. The van der Waals surface area contributed by atoms with E-state index in [1.165, 1.54) is 0 Å². The van der Waals surface area contributed by atoms with Gasteiger partial charge in [-0.1, -0.05) is 6.92 Å². The van der Waals surface area contributed by atoms with Gasteiger partial charge in [0.1, 0.15) is 17.5 Å². The summed E-state index contributed by atoms with van der Waals surface area (Å²) in [5.41, 5.74) is 4.38. The van der Waals surface area contributed by atoms with Gasteiger partial charge in [-0.15, -0.1) is 0 Å². The van der Waals surface area contributed by atoms with Gasteiger partial charge in [-0.25, -0.2) is 15.8 Å². The lowest BCUT2D eigenvalue weighted by atomic mass is 10.2. The number of anilines is 3. The quantitative estimate of drug-likeness (QED) is 0.558. The van der Waals surface area contributed by atoms with Gasteiger partial charge in [-0.05, 0) is 13.3 Å². The van der Waals surface area contributed by atoms with E-state index >= 15 is 0 Å². The Kier molecular flexibility index (Phi) is 3.96. The molecule has 0 atom stereocenters. The van der Waals surface area contributed by atoms with Crippen LogP contribution in [0.3, 0.4) is 0 Å². The summed E-state index contributed by atoms with van der Waals surface area (Å²) in [7, 11) is 1.87. The fourth-order valence-corrected chi connectivity index (χ4v) is 1.78. The summed E-state index contributed by atoms with van der Waals surface area (Å²) in [5, 5.41) is 7.35. The van der Waals surface area contributed by atoms with E-state index < -0.39 is 0 Å². The van der Waals surface area contributed by atoms with E-state index in [-0.39, 0.29) is 0 Å². The number of hydrogen-bond acceptors (Lipinski definition) is 6. The van der Waals surface area contributed by atoms with Gasteiger partial charge in [-0.2, -0.15) is 5.10 Å². The average molecular weight is 261 g/mol. The molecule has 4 N–H and O–H groups in total. The highest BCUT2D eigenvalue weighted by atomic mass is 15.3. The first kappa shape index (κ1) is 13.3. The molecule has 7 heteroatoms. The molecule has 0 radical (unpaired) electrons. The SMILES string of the molecule is CCCc1nc(NN)c(C)c(Nc2cnn(C)c2)n1. The molecule has 0 fully saturated rings. The molecule has 2 rings (SSSR count). The molecule has 102 valence electrons. The lowest BCUT2D eigenvalue weighted by Crippen LogP contribution is -2.14. The van der Waals surface area contributed by atoms with Crippen LogP contribution in [0.2, 0.25) is 0 Å². The van der Waals surface area contributed by atoms with Crippen LogP contribution in [0.15, 0.2) is 12.4 Å². The second-order valence-electron chi connectivity index (χ2n) is 4.38. The molecule has 0 bridgehead atoms. The second kappa shape index (κ2) is 5.66. The van der Waals surface area contributed by atoms with Crippen molar-refractivity contribution in [2.45, 2.75) is 26.7 Å². The number of aromatic nitrogens is 4. The molecule has 0 saturated carbocycles. The predicted octanol–water partition coefficient (Wildman–Crippen LogP) is 1.50. The normalized spacial score (nSPS) is 10.5. The topological polar surface area (TPSA) is 93.7 Å². The summed E-state index contributed by atoms with van der Waals surface area (Å²) in [6.07, 6.45) is 5.43. The Labute approximate surface area is 112 Å². The van der Waals surface area contributed by atoms with Crippen molar-refractivity contribution in [2.24, 2.45) is 12.9 Å². The Morgan fingerprint density at radius 3 is 2.63 bits per heavy atom. The number of aryl methyl sites for hydroxylation is 2. The van der Waals surface area contributed by atoms with Gasteiger partial charge in [0.25, 0.3) is 0 Å². The van der Waals surface area contributed by atoms with E-state index in [9.17, 15) is 0 Å². The van der Waals surface area contributed by atoms with Crippen molar-refractivity contribution in [2.75, 3.05) is 10.7 Å². The minimum absolute atomic E-state index is 0.643. The predicted molar refractivity (Wildman–Crippen MR) is 75.1 cm³/mol. The maximum Gasteiger partial charge on any atom is 0.148 e. The van der Waals surface area contributed by atoms with Crippen LogP contribution in [0.1, 0.15) is 24.7 Å². The highest BCUT2D eigenvalue weighted by Gasteiger charge is 2.10. The number of nitrogens with zero attached hydrogens (tertiary/aromatic N) is 4. The van der Waals surface area contributed by atoms with Crippen molar-refractivity contribution < 1.29 is 0 Å². The van der Waals surface area contributed by atoms with Crippen molar-refractivity contribution in [1.29, 1.82) is 0 Å². The first-order chi connectivity index (χ1) is 9.13. The monoisotopic (exact) mass is 261 g/mol. The molecule has 2 aromatic rings. The maximum atomic E-state index is 5.50. The molecular weight excluding hydrogens is 242 g/mol. The van der Waals surface area contributed by atoms with Crippen molar-refractivity contribution in [3.63, 3.8) is 0 Å². The van der Waals surface area contributed by atoms with Crippen LogP contribution in [0.5, 0.6) is 0 Å². The third kappa shape index (κ3) is 3.00. The van der Waals surface area contributed by atoms with Crippen LogP contribution in [0.25, 0.3) is 0 Å². The average Bonchev–Trinajstić information content (AvgIpc) is 2.79. The van der Waals surface area contributed by atoms with Crippen LogP contribution >= 0.6 is 0 Å². The number of nitrogens with two attached hydrogens (primary N) is 1.